The first kappa shape index (κ1) is 18.1. The van der Waals surface area contributed by atoms with Gasteiger partial charge in [-0.2, -0.15) is 8.78 Å². The van der Waals surface area contributed by atoms with E-state index in [1.165, 1.54) is 24.9 Å². The summed E-state index contributed by atoms with van der Waals surface area (Å²) in [6.45, 7) is -2.90. The number of hydrogen-bond donors (Lipinski definition) is 1. The van der Waals surface area contributed by atoms with Crippen LogP contribution in [0.25, 0.3) is 0 Å². The van der Waals surface area contributed by atoms with Crippen molar-refractivity contribution in [2.75, 3.05) is 18.2 Å². The summed E-state index contributed by atoms with van der Waals surface area (Å²) >= 11 is 1.42. The quantitative estimate of drug-likeness (QED) is 0.774. The molecule has 0 saturated carbocycles. The van der Waals surface area contributed by atoms with Gasteiger partial charge in [-0.15, -0.1) is 11.8 Å². The van der Waals surface area contributed by atoms with Crippen LogP contribution in [-0.4, -0.2) is 25.4 Å². The minimum absolute atomic E-state index is 0.0110. The zero-order valence-electron chi connectivity index (χ0n) is 13.0. The van der Waals surface area contributed by atoms with Crippen LogP contribution in [0, 0.1) is 0 Å². The van der Waals surface area contributed by atoms with Crippen LogP contribution in [0.2, 0.25) is 0 Å². The molecule has 0 aliphatic carbocycles. The lowest BCUT2D eigenvalue weighted by Crippen LogP contribution is -2.14. The highest BCUT2D eigenvalue weighted by Gasteiger charge is 2.11. The predicted molar refractivity (Wildman–Crippen MR) is 90.9 cm³/mol. The number of ether oxygens (including phenoxy) is 2. The highest BCUT2D eigenvalue weighted by molar-refractivity contribution is 7.99. The van der Waals surface area contributed by atoms with E-state index in [1.807, 2.05) is 30.3 Å². The van der Waals surface area contributed by atoms with Gasteiger partial charge in [0.05, 0.1) is 12.9 Å². The van der Waals surface area contributed by atoms with Gasteiger partial charge in [-0.3, -0.25) is 4.79 Å². The lowest BCUT2D eigenvalue weighted by molar-refractivity contribution is -0.113. The van der Waals surface area contributed by atoms with Gasteiger partial charge in [0.25, 0.3) is 0 Å². The molecule has 0 radical (unpaired) electrons. The molecule has 1 N–H and O–H groups in total. The van der Waals surface area contributed by atoms with Crippen molar-refractivity contribution in [3.8, 4) is 11.5 Å². The summed E-state index contributed by atoms with van der Waals surface area (Å²) in [5.41, 5.74) is 1.60. The standard InChI is InChI=1S/C17H17F2NO3S/c1-22-15-9-12(7-8-14(15)23-17(18)19)10-24-11-16(21)20-13-5-3-2-4-6-13/h2-9,17H,10-11H2,1H3,(H,20,21). The van der Waals surface area contributed by atoms with Crippen molar-refractivity contribution in [2.24, 2.45) is 0 Å². The van der Waals surface area contributed by atoms with Crippen LogP contribution in [-0.2, 0) is 10.5 Å². The Morgan fingerprint density at radius 3 is 2.58 bits per heavy atom. The van der Waals surface area contributed by atoms with Crippen molar-refractivity contribution in [2.45, 2.75) is 12.4 Å². The van der Waals surface area contributed by atoms with Gasteiger partial charge in [0.15, 0.2) is 11.5 Å². The van der Waals surface area contributed by atoms with E-state index in [2.05, 4.69) is 10.1 Å². The van der Waals surface area contributed by atoms with Crippen LogP contribution < -0.4 is 14.8 Å². The number of amides is 1. The fourth-order valence-electron chi connectivity index (χ4n) is 1.98. The Morgan fingerprint density at radius 1 is 1.17 bits per heavy atom. The van der Waals surface area contributed by atoms with Crippen LogP contribution in [0.4, 0.5) is 14.5 Å². The number of hydrogen-bond acceptors (Lipinski definition) is 4. The first-order chi connectivity index (χ1) is 11.6. The molecule has 0 aliphatic rings. The second kappa shape index (κ2) is 9.12. The van der Waals surface area contributed by atoms with Gasteiger partial charge in [0.1, 0.15) is 0 Å². The van der Waals surface area contributed by atoms with Gasteiger partial charge < -0.3 is 14.8 Å². The first-order valence-corrected chi connectivity index (χ1v) is 8.28. The molecule has 7 heteroatoms. The monoisotopic (exact) mass is 353 g/mol. The fourth-order valence-corrected chi connectivity index (χ4v) is 2.75. The molecule has 2 aromatic carbocycles. The Bertz CT molecular complexity index is 668. The third-order valence-electron chi connectivity index (χ3n) is 3.00. The topological polar surface area (TPSA) is 47.6 Å². The number of nitrogens with one attached hydrogen (secondary N) is 1. The van der Waals surface area contributed by atoms with Crippen molar-refractivity contribution >= 4 is 23.4 Å². The Balaban J connectivity index is 1.84. The molecule has 0 fully saturated rings. The number of methoxy groups -OCH3 is 1. The molecule has 0 aromatic heterocycles. The summed E-state index contributed by atoms with van der Waals surface area (Å²) in [4.78, 5) is 11.8. The van der Waals surface area contributed by atoms with E-state index >= 15 is 0 Å². The van der Waals surface area contributed by atoms with Crippen LogP contribution in [0.1, 0.15) is 5.56 Å². The molecule has 0 saturated heterocycles. The lowest BCUT2D eigenvalue weighted by Gasteiger charge is -2.11. The van der Waals surface area contributed by atoms with Crippen LogP contribution in [0.15, 0.2) is 48.5 Å². The Morgan fingerprint density at radius 2 is 1.92 bits per heavy atom. The molecule has 128 valence electrons. The number of carbonyl (C=O) groups excluding carboxylic acids is 1. The minimum atomic E-state index is -2.90. The van der Waals surface area contributed by atoms with E-state index in [1.54, 1.807) is 12.1 Å². The molecule has 0 spiro atoms. The second-order valence-corrected chi connectivity index (χ2v) is 5.76. The highest BCUT2D eigenvalue weighted by Crippen LogP contribution is 2.30. The lowest BCUT2D eigenvalue weighted by atomic mass is 10.2. The number of benzene rings is 2. The van der Waals surface area contributed by atoms with Gasteiger partial charge in [0, 0.05) is 11.4 Å². The normalized spacial score (nSPS) is 10.5. The SMILES string of the molecule is COc1cc(CSCC(=O)Nc2ccccc2)ccc1OC(F)F. The number of para-hydroxylation sites is 1. The Kier molecular flexibility index (Phi) is 6.87. The van der Waals surface area contributed by atoms with Crippen molar-refractivity contribution in [3.05, 3.63) is 54.1 Å². The summed E-state index contributed by atoms with van der Waals surface area (Å²) in [5, 5.41) is 2.79. The number of anilines is 1. The van der Waals surface area contributed by atoms with Crippen LogP contribution in [0.3, 0.4) is 0 Å². The number of alkyl halides is 2. The molecule has 2 rings (SSSR count). The Labute approximate surface area is 143 Å². The van der Waals surface area contributed by atoms with E-state index in [0.717, 1.165) is 11.3 Å². The molecule has 0 atom stereocenters. The second-order valence-electron chi connectivity index (χ2n) is 4.77. The molecular weight excluding hydrogens is 336 g/mol. The van der Waals surface area contributed by atoms with Crippen molar-refractivity contribution < 1.29 is 23.0 Å². The third-order valence-corrected chi connectivity index (χ3v) is 4.01. The molecule has 0 unspecified atom stereocenters. The summed E-state index contributed by atoms with van der Waals surface area (Å²) < 4.78 is 34.0. The maximum Gasteiger partial charge on any atom is 0.387 e. The van der Waals surface area contributed by atoms with Crippen molar-refractivity contribution in [1.82, 2.24) is 0 Å². The molecular formula is C17H17F2NO3S. The van der Waals surface area contributed by atoms with E-state index in [-0.39, 0.29) is 23.2 Å². The average Bonchev–Trinajstić information content (AvgIpc) is 2.56. The molecule has 4 nitrogen and oxygen atoms in total. The summed E-state index contributed by atoms with van der Waals surface area (Å²) in [5.74, 6) is 0.959. The van der Waals surface area contributed by atoms with Gasteiger partial charge >= 0.3 is 6.61 Å². The zero-order valence-corrected chi connectivity index (χ0v) is 13.8. The van der Waals surface area contributed by atoms with E-state index in [0.29, 0.717) is 5.75 Å². The average molecular weight is 353 g/mol. The van der Waals surface area contributed by atoms with Crippen molar-refractivity contribution in [3.63, 3.8) is 0 Å². The molecule has 1 amide bonds. The summed E-state index contributed by atoms with van der Waals surface area (Å²) in [6, 6.07) is 13.9. The molecule has 0 aliphatic heterocycles. The van der Waals surface area contributed by atoms with E-state index in [4.69, 9.17) is 4.74 Å². The third kappa shape index (κ3) is 5.73. The number of halogens is 2. The van der Waals surface area contributed by atoms with Gasteiger partial charge in [-0.05, 0) is 29.8 Å². The van der Waals surface area contributed by atoms with E-state index < -0.39 is 6.61 Å². The number of carbonyl (C=O) groups is 1. The maximum absolute atomic E-state index is 12.3. The van der Waals surface area contributed by atoms with Gasteiger partial charge in [0.2, 0.25) is 5.91 Å². The molecule has 24 heavy (non-hydrogen) atoms. The largest absolute Gasteiger partial charge is 0.493 e. The molecule has 0 heterocycles. The minimum Gasteiger partial charge on any atom is -0.493 e. The van der Waals surface area contributed by atoms with Gasteiger partial charge in [-0.1, -0.05) is 24.3 Å². The van der Waals surface area contributed by atoms with E-state index in [9.17, 15) is 13.6 Å². The first-order valence-electron chi connectivity index (χ1n) is 7.13. The van der Waals surface area contributed by atoms with Crippen LogP contribution >= 0.6 is 11.8 Å². The van der Waals surface area contributed by atoms with Gasteiger partial charge in [-0.25, -0.2) is 0 Å². The number of rotatable bonds is 8. The van der Waals surface area contributed by atoms with Crippen LogP contribution in [0.5, 0.6) is 11.5 Å². The number of thioether (sulfide) groups is 1. The maximum atomic E-state index is 12.3. The van der Waals surface area contributed by atoms with Crippen molar-refractivity contribution in [1.29, 1.82) is 0 Å². The smallest absolute Gasteiger partial charge is 0.387 e. The fraction of sp³-hybridized carbons (Fsp3) is 0.235. The summed E-state index contributed by atoms with van der Waals surface area (Å²) in [7, 11) is 1.39. The zero-order chi connectivity index (χ0) is 17.4. The summed E-state index contributed by atoms with van der Waals surface area (Å²) in [6.07, 6.45) is 0. The predicted octanol–water partition coefficient (Wildman–Crippen LogP) is 4.17. The molecule has 0 bridgehead atoms. The molecule has 2 aromatic rings. The highest BCUT2D eigenvalue weighted by atomic mass is 32.2. The Hall–Kier alpha value is -2.28.